The molecule has 0 saturated carbocycles. The lowest BCUT2D eigenvalue weighted by Crippen LogP contribution is -2.10. The van der Waals surface area contributed by atoms with Crippen LogP contribution in [0.4, 0.5) is 5.69 Å². The zero-order chi connectivity index (χ0) is 15.5. The number of nitrogens with zero attached hydrogens (tertiary/aromatic N) is 2. The number of anilines is 1. The topological polar surface area (TPSA) is 43.0 Å². The van der Waals surface area contributed by atoms with E-state index in [0.717, 1.165) is 11.3 Å². The molecular weight excluding hydrogens is 294 g/mol. The van der Waals surface area contributed by atoms with Crippen molar-refractivity contribution in [2.24, 2.45) is 0 Å². The highest BCUT2D eigenvalue weighted by atomic mass is 32.1. The Morgan fingerprint density at radius 2 is 1.82 bits per heavy atom. The molecule has 22 heavy (non-hydrogen) atoms. The molecule has 1 aromatic heterocycles. The fourth-order valence-corrected chi connectivity index (χ4v) is 2.33. The standard InChI is InChI=1S/C17H17N3OS/c1-12-7-9-14(10-8-12)16-19-20(17(22)21-16)11-18-15-6-4-3-5-13(15)2/h3-10,18H,11H2,1-2H3. The number of para-hydroxylation sites is 1. The first kappa shape index (κ1) is 14.5. The molecule has 0 fully saturated rings. The molecule has 0 spiro atoms. The van der Waals surface area contributed by atoms with Gasteiger partial charge < -0.3 is 9.73 Å². The van der Waals surface area contributed by atoms with Gasteiger partial charge in [0.2, 0.25) is 5.89 Å². The second-order valence-electron chi connectivity index (χ2n) is 5.19. The lowest BCUT2D eigenvalue weighted by atomic mass is 10.1. The quantitative estimate of drug-likeness (QED) is 0.717. The molecule has 0 saturated heterocycles. The molecule has 3 rings (SSSR count). The molecular formula is C17H17N3OS. The third kappa shape index (κ3) is 3.09. The Hall–Kier alpha value is -2.40. The van der Waals surface area contributed by atoms with Gasteiger partial charge in [-0.2, -0.15) is 0 Å². The van der Waals surface area contributed by atoms with Gasteiger partial charge in [0, 0.05) is 11.3 Å². The summed E-state index contributed by atoms with van der Waals surface area (Å²) >= 11 is 5.24. The third-order valence-corrected chi connectivity index (χ3v) is 3.76. The van der Waals surface area contributed by atoms with Crippen molar-refractivity contribution in [2.45, 2.75) is 20.5 Å². The van der Waals surface area contributed by atoms with E-state index < -0.39 is 0 Å². The molecule has 0 unspecified atom stereocenters. The maximum Gasteiger partial charge on any atom is 0.289 e. The van der Waals surface area contributed by atoms with Crippen molar-refractivity contribution in [3.8, 4) is 11.5 Å². The molecule has 0 aliphatic carbocycles. The highest BCUT2D eigenvalue weighted by Gasteiger charge is 2.08. The van der Waals surface area contributed by atoms with E-state index in [-0.39, 0.29) is 0 Å². The van der Waals surface area contributed by atoms with Crippen LogP contribution in [0.3, 0.4) is 0 Å². The summed E-state index contributed by atoms with van der Waals surface area (Å²) < 4.78 is 7.24. The first-order valence-corrected chi connectivity index (χ1v) is 7.49. The molecule has 0 atom stereocenters. The minimum atomic E-state index is 0.358. The predicted molar refractivity (Wildman–Crippen MR) is 90.3 cm³/mol. The van der Waals surface area contributed by atoms with Gasteiger partial charge in [-0.15, -0.1) is 5.10 Å². The minimum Gasteiger partial charge on any atom is -0.409 e. The van der Waals surface area contributed by atoms with Crippen molar-refractivity contribution >= 4 is 17.9 Å². The second-order valence-corrected chi connectivity index (χ2v) is 5.54. The summed E-state index contributed by atoms with van der Waals surface area (Å²) in [6, 6.07) is 16.1. The maximum atomic E-state index is 5.59. The molecule has 4 nitrogen and oxygen atoms in total. The Balaban J connectivity index is 1.80. The van der Waals surface area contributed by atoms with Gasteiger partial charge in [-0.25, -0.2) is 4.68 Å². The summed E-state index contributed by atoms with van der Waals surface area (Å²) in [7, 11) is 0. The normalized spacial score (nSPS) is 10.6. The van der Waals surface area contributed by atoms with Gasteiger partial charge in [-0.05, 0) is 49.8 Å². The highest BCUT2D eigenvalue weighted by molar-refractivity contribution is 7.71. The van der Waals surface area contributed by atoms with Gasteiger partial charge >= 0.3 is 0 Å². The van der Waals surface area contributed by atoms with E-state index in [1.54, 1.807) is 4.68 Å². The smallest absolute Gasteiger partial charge is 0.289 e. The van der Waals surface area contributed by atoms with Gasteiger partial charge in [0.25, 0.3) is 4.84 Å². The second kappa shape index (κ2) is 6.15. The fraction of sp³-hybridized carbons (Fsp3) is 0.176. The molecule has 0 aliphatic heterocycles. The average Bonchev–Trinajstić information content (AvgIpc) is 2.88. The lowest BCUT2D eigenvalue weighted by molar-refractivity contribution is 0.522. The Morgan fingerprint density at radius 3 is 2.55 bits per heavy atom. The Morgan fingerprint density at radius 1 is 1.09 bits per heavy atom. The molecule has 5 heteroatoms. The van der Waals surface area contributed by atoms with Gasteiger partial charge in [0.05, 0.1) is 0 Å². The number of benzene rings is 2. The van der Waals surface area contributed by atoms with E-state index in [1.165, 1.54) is 11.1 Å². The van der Waals surface area contributed by atoms with Crippen molar-refractivity contribution in [2.75, 3.05) is 5.32 Å². The number of hydrogen-bond donors (Lipinski definition) is 1. The van der Waals surface area contributed by atoms with Crippen LogP contribution in [-0.4, -0.2) is 9.78 Å². The van der Waals surface area contributed by atoms with Crippen molar-refractivity contribution in [3.63, 3.8) is 0 Å². The number of rotatable bonds is 4. The van der Waals surface area contributed by atoms with Crippen molar-refractivity contribution in [1.82, 2.24) is 9.78 Å². The fourth-order valence-electron chi connectivity index (χ4n) is 2.15. The van der Waals surface area contributed by atoms with E-state index in [2.05, 4.69) is 23.4 Å². The number of aryl methyl sites for hydroxylation is 2. The maximum absolute atomic E-state index is 5.59. The summed E-state index contributed by atoms with van der Waals surface area (Å²) in [4.78, 5) is 0.358. The summed E-state index contributed by atoms with van der Waals surface area (Å²) in [5, 5.41) is 7.76. The van der Waals surface area contributed by atoms with Crippen LogP contribution in [-0.2, 0) is 6.67 Å². The van der Waals surface area contributed by atoms with E-state index in [9.17, 15) is 0 Å². The number of aromatic nitrogens is 2. The van der Waals surface area contributed by atoms with Crippen molar-refractivity contribution in [3.05, 3.63) is 64.5 Å². The van der Waals surface area contributed by atoms with Crippen LogP contribution in [0.15, 0.2) is 52.9 Å². The van der Waals surface area contributed by atoms with E-state index in [4.69, 9.17) is 16.6 Å². The minimum absolute atomic E-state index is 0.358. The Labute approximate surface area is 134 Å². The van der Waals surface area contributed by atoms with Gasteiger partial charge in [0.15, 0.2) is 0 Å². The van der Waals surface area contributed by atoms with E-state index in [1.807, 2.05) is 49.4 Å². The monoisotopic (exact) mass is 311 g/mol. The first-order chi connectivity index (χ1) is 10.6. The van der Waals surface area contributed by atoms with Crippen LogP contribution in [0, 0.1) is 18.7 Å². The Bertz CT molecular complexity index is 834. The largest absolute Gasteiger partial charge is 0.409 e. The van der Waals surface area contributed by atoms with E-state index >= 15 is 0 Å². The first-order valence-electron chi connectivity index (χ1n) is 7.08. The summed E-state index contributed by atoms with van der Waals surface area (Å²) in [5.74, 6) is 0.539. The molecule has 1 N–H and O–H groups in total. The molecule has 2 aromatic carbocycles. The molecule has 0 aliphatic rings. The van der Waals surface area contributed by atoms with Crippen LogP contribution in [0.5, 0.6) is 0 Å². The van der Waals surface area contributed by atoms with Gasteiger partial charge in [-0.1, -0.05) is 35.9 Å². The predicted octanol–water partition coefficient (Wildman–Crippen LogP) is 4.56. The number of hydrogen-bond acceptors (Lipinski definition) is 4. The van der Waals surface area contributed by atoms with Crippen LogP contribution >= 0.6 is 12.2 Å². The summed E-state index contributed by atoms with van der Waals surface area (Å²) in [6.45, 7) is 4.57. The molecule has 112 valence electrons. The summed E-state index contributed by atoms with van der Waals surface area (Å²) in [6.07, 6.45) is 0. The third-order valence-electron chi connectivity index (χ3n) is 3.47. The van der Waals surface area contributed by atoms with Crippen LogP contribution in [0.2, 0.25) is 0 Å². The van der Waals surface area contributed by atoms with Crippen molar-refractivity contribution in [1.29, 1.82) is 0 Å². The zero-order valence-corrected chi connectivity index (χ0v) is 13.4. The number of nitrogens with one attached hydrogen (secondary N) is 1. The molecule has 0 bridgehead atoms. The lowest BCUT2D eigenvalue weighted by Gasteiger charge is -2.08. The average molecular weight is 311 g/mol. The van der Waals surface area contributed by atoms with Crippen molar-refractivity contribution < 1.29 is 4.42 Å². The highest BCUT2D eigenvalue weighted by Crippen LogP contribution is 2.19. The molecule has 0 radical (unpaired) electrons. The molecule has 1 heterocycles. The van der Waals surface area contributed by atoms with E-state index in [0.29, 0.717) is 17.4 Å². The van der Waals surface area contributed by atoms with Crippen LogP contribution < -0.4 is 5.32 Å². The van der Waals surface area contributed by atoms with Gasteiger partial charge in [0.1, 0.15) is 6.67 Å². The zero-order valence-electron chi connectivity index (χ0n) is 12.5. The SMILES string of the molecule is Cc1ccc(-c2nn(CNc3ccccc3C)c(=S)o2)cc1. The molecule has 3 aromatic rings. The summed E-state index contributed by atoms with van der Waals surface area (Å²) in [5.41, 5.74) is 4.36. The van der Waals surface area contributed by atoms with Crippen LogP contribution in [0.25, 0.3) is 11.5 Å². The Kier molecular flexibility index (Phi) is 4.06. The molecule has 0 amide bonds. The van der Waals surface area contributed by atoms with Gasteiger partial charge in [-0.3, -0.25) is 0 Å². The van der Waals surface area contributed by atoms with Crippen LogP contribution in [0.1, 0.15) is 11.1 Å².